The summed E-state index contributed by atoms with van der Waals surface area (Å²) in [5, 5.41) is 1.78. The molecule has 116 valence electrons. The van der Waals surface area contributed by atoms with Crippen molar-refractivity contribution in [2.45, 2.75) is 38.1 Å². The highest BCUT2D eigenvalue weighted by atomic mass is 32.1. The number of hydrogen-bond donors (Lipinski definition) is 1. The lowest BCUT2D eigenvalue weighted by molar-refractivity contribution is -0.133. The van der Waals surface area contributed by atoms with Gasteiger partial charge in [-0.05, 0) is 24.3 Å². The van der Waals surface area contributed by atoms with Gasteiger partial charge < -0.3 is 15.5 Å². The molecule has 0 bridgehead atoms. The third-order valence-electron chi connectivity index (χ3n) is 4.12. The quantitative estimate of drug-likeness (QED) is 0.927. The van der Waals surface area contributed by atoms with Crippen LogP contribution < -0.4 is 5.73 Å². The van der Waals surface area contributed by atoms with Gasteiger partial charge in [0.2, 0.25) is 5.91 Å². The van der Waals surface area contributed by atoms with Crippen LogP contribution >= 0.6 is 11.3 Å². The number of nitrogen functional groups attached to an aromatic ring is 1. The smallest absolute Gasteiger partial charge is 0.266 e. The van der Waals surface area contributed by atoms with Crippen LogP contribution in [0, 0.1) is 0 Å². The van der Waals surface area contributed by atoms with E-state index in [0.29, 0.717) is 16.6 Å². The van der Waals surface area contributed by atoms with E-state index in [1.807, 2.05) is 7.05 Å². The van der Waals surface area contributed by atoms with Crippen LogP contribution in [0.3, 0.4) is 0 Å². The van der Waals surface area contributed by atoms with E-state index in [2.05, 4.69) is 0 Å². The van der Waals surface area contributed by atoms with Crippen molar-refractivity contribution in [2.75, 3.05) is 26.4 Å². The molecule has 2 rings (SSSR count). The molecule has 1 aromatic heterocycles. The maximum atomic E-state index is 12.3. The molecule has 2 amide bonds. The van der Waals surface area contributed by atoms with Crippen molar-refractivity contribution >= 4 is 28.8 Å². The molecule has 21 heavy (non-hydrogen) atoms. The van der Waals surface area contributed by atoms with Gasteiger partial charge in [-0.1, -0.05) is 19.3 Å². The number of thiophene rings is 1. The summed E-state index contributed by atoms with van der Waals surface area (Å²) < 4.78 is 0. The Morgan fingerprint density at radius 3 is 2.52 bits per heavy atom. The lowest BCUT2D eigenvalue weighted by Gasteiger charge is -2.32. The first-order valence-electron chi connectivity index (χ1n) is 7.34. The van der Waals surface area contributed by atoms with Crippen LogP contribution in [-0.4, -0.2) is 48.3 Å². The molecule has 0 radical (unpaired) electrons. The first-order chi connectivity index (χ1) is 10.0. The molecule has 1 saturated carbocycles. The van der Waals surface area contributed by atoms with E-state index in [-0.39, 0.29) is 18.4 Å². The summed E-state index contributed by atoms with van der Waals surface area (Å²) in [6.07, 6.45) is 5.76. The summed E-state index contributed by atoms with van der Waals surface area (Å²) in [5.74, 6) is -0.194. The highest BCUT2D eigenvalue weighted by Gasteiger charge is 2.25. The minimum Gasteiger partial charge on any atom is -0.397 e. The van der Waals surface area contributed by atoms with E-state index in [9.17, 15) is 9.59 Å². The predicted octanol–water partition coefficient (Wildman–Crippen LogP) is 2.19. The van der Waals surface area contributed by atoms with Crippen LogP contribution in [0.1, 0.15) is 41.8 Å². The number of rotatable bonds is 4. The molecule has 1 aliphatic rings. The molecule has 0 aromatic carbocycles. The van der Waals surface area contributed by atoms with Gasteiger partial charge in [0.15, 0.2) is 0 Å². The first-order valence-corrected chi connectivity index (χ1v) is 8.22. The summed E-state index contributed by atoms with van der Waals surface area (Å²) in [4.78, 5) is 28.3. The summed E-state index contributed by atoms with van der Waals surface area (Å²) in [6.45, 7) is 0.100. The van der Waals surface area contributed by atoms with Crippen molar-refractivity contribution in [3.05, 3.63) is 16.3 Å². The Morgan fingerprint density at radius 1 is 1.29 bits per heavy atom. The van der Waals surface area contributed by atoms with E-state index in [4.69, 9.17) is 5.73 Å². The average molecular weight is 309 g/mol. The predicted molar refractivity (Wildman–Crippen MR) is 85.3 cm³/mol. The number of nitrogens with two attached hydrogens (primary N) is 1. The number of hydrogen-bond acceptors (Lipinski definition) is 4. The molecule has 0 atom stereocenters. The normalized spacial score (nSPS) is 15.7. The van der Waals surface area contributed by atoms with Crippen LogP contribution in [0.25, 0.3) is 0 Å². The second-order valence-corrected chi connectivity index (χ2v) is 6.58. The topological polar surface area (TPSA) is 66.6 Å². The van der Waals surface area contributed by atoms with E-state index < -0.39 is 0 Å². The maximum absolute atomic E-state index is 12.3. The highest BCUT2D eigenvalue weighted by molar-refractivity contribution is 7.12. The molecule has 1 heterocycles. The summed E-state index contributed by atoms with van der Waals surface area (Å²) in [5.41, 5.74) is 6.23. The fourth-order valence-electron chi connectivity index (χ4n) is 2.72. The van der Waals surface area contributed by atoms with E-state index in [1.165, 1.54) is 35.5 Å². The monoisotopic (exact) mass is 309 g/mol. The van der Waals surface area contributed by atoms with E-state index >= 15 is 0 Å². The van der Waals surface area contributed by atoms with Gasteiger partial charge in [-0.3, -0.25) is 9.59 Å². The van der Waals surface area contributed by atoms with Crippen molar-refractivity contribution in [3.8, 4) is 0 Å². The van der Waals surface area contributed by atoms with E-state index in [1.54, 1.807) is 23.4 Å². The lowest BCUT2D eigenvalue weighted by Crippen LogP contribution is -2.44. The Hall–Kier alpha value is -1.56. The zero-order valence-electron chi connectivity index (χ0n) is 12.7. The molecule has 0 saturated heterocycles. The van der Waals surface area contributed by atoms with Crippen molar-refractivity contribution < 1.29 is 9.59 Å². The SMILES string of the molecule is CN(CC(=O)N(C)C1CCCCC1)C(=O)c1sccc1N. The fourth-order valence-corrected chi connectivity index (χ4v) is 3.54. The Kier molecular flexibility index (Phi) is 5.22. The zero-order chi connectivity index (χ0) is 15.4. The Labute approximate surface area is 129 Å². The second-order valence-electron chi connectivity index (χ2n) is 5.66. The van der Waals surface area contributed by atoms with Crippen molar-refractivity contribution in [3.63, 3.8) is 0 Å². The number of anilines is 1. The lowest BCUT2D eigenvalue weighted by atomic mass is 9.94. The van der Waals surface area contributed by atoms with Crippen molar-refractivity contribution in [1.82, 2.24) is 9.80 Å². The average Bonchev–Trinajstić information content (AvgIpc) is 2.92. The summed E-state index contributed by atoms with van der Waals surface area (Å²) >= 11 is 1.31. The number of carbonyl (C=O) groups is 2. The first kappa shape index (κ1) is 15.8. The van der Waals surface area contributed by atoms with Crippen LogP contribution in [0.4, 0.5) is 5.69 Å². The van der Waals surface area contributed by atoms with E-state index in [0.717, 1.165) is 12.8 Å². The van der Waals surface area contributed by atoms with Crippen LogP contribution in [-0.2, 0) is 4.79 Å². The molecule has 0 spiro atoms. The van der Waals surface area contributed by atoms with Gasteiger partial charge >= 0.3 is 0 Å². The number of nitrogens with zero attached hydrogens (tertiary/aromatic N) is 2. The van der Waals surface area contributed by atoms with Gasteiger partial charge in [0, 0.05) is 20.1 Å². The van der Waals surface area contributed by atoms with Gasteiger partial charge in [0.05, 0.1) is 12.2 Å². The van der Waals surface area contributed by atoms with Crippen LogP contribution in [0.5, 0.6) is 0 Å². The van der Waals surface area contributed by atoms with Crippen molar-refractivity contribution in [2.24, 2.45) is 0 Å². The van der Waals surface area contributed by atoms with Gasteiger partial charge in [0.1, 0.15) is 4.88 Å². The van der Waals surface area contributed by atoms with Gasteiger partial charge in [-0.25, -0.2) is 0 Å². The largest absolute Gasteiger partial charge is 0.397 e. The molecule has 1 fully saturated rings. The third kappa shape index (κ3) is 3.75. The molecule has 0 aliphatic heterocycles. The Morgan fingerprint density at radius 2 is 1.95 bits per heavy atom. The molecule has 2 N–H and O–H groups in total. The molecule has 6 heteroatoms. The molecule has 1 aliphatic carbocycles. The number of likely N-dealkylation sites (N-methyl/N-ethyl adjacent to an activating group) is 2. The molecule has 0 unspecified atom stereocenters. The minimum atomic E-state index is -0.187. The molecular formula is C15H23N3O2S. The number of carbonyl (C=O) groups excluding carboxylic acids is 2. The standard InChI is InChI=1S/C15H23N3O2S/c1-17(15(20)14-12(16)8-9-21-14)10-13(19)18(2)11-6-4-3-5-7-11/h8-9,11H,3-7,10,16H2,1-2H3. The van der Waals surface area contributed by atoms with Crippen LogP contribution in [0.15, 0.2) is 11.4 Å². The van der Waals surface area contributed by atoms with Crippen LogP contribution in [0.2, 0.25) is 0 Å². The van der Waals surface area contributed by atoms with Crippen molar-refractivity contribution in [1.29, 1.82) is 0 Å². The van der Waals surface area contributed by atoms with Gasteiger partial charge in [-0.15, -0.1) is 11.3 Å². The third-order valence-corrected chi connectivity index (χ3v) is 5.04. The fraction of sp³-hybridized carbons (Fsp3) is 0.600. The highest BCUT2D eigenvalue weighted by Crippen LogP contribution is 2.22. The Balaban J connectivity index is 1.92. The van der Waals surface area contributed by atoms with Gasteiger partial charge in [0.25, 0.3) is 5.91 Å². The minimum absolute atomic E-state index is 0.00659. The molecule has 5 nitrogen and oxygen atoms in total. The number of amides is 2. The molecule has 1 aromatic rings. The molecular weight excluding hydrogens is 286 g/mol. The maximum Gasteiger partial charge on any atom is 0.266 e. The Bertz CT molecular complexity index is 509. The zero-order valence-corrected chi connectivity index (χ0v) is 13.5. The summed E-state index contributed by atoms with van der Waals surface area (Å²) in [7, 11) is 3.49. The van der Waals surface area contributed by atoms with Gasteiger partial charge in [-0.2, -0.15) is 0 Å². The summed E-state index contributed by atoms with van der Waals surface area (Å²) in [6, 6.07) is 2.03. The second kappa shape index (κ2) is 6.93.